The van der Waals surface area contributed by atoms with Crippen molar-refractivity contribution in [3.05, 3.63) is 0 Å². The largest absolute Gasteiger partial charge is 0.0533 e. The van der Waals surface area contributed by atoms with Crippen LogP contribution < -0.4 is 0 Å². The van der Waals surface area contributed by atoms with Gasteiger partial charge in [-0.2, -0.15) is 0 Å². The van der Waals surface area contributed by atoms with E-state index in [1.807, 2.05) is 0 Å². The standard InChI is InChI=1S/C11H20/c1-2-5-10-7-4-8-11(9-10)6-3-1/h10-11H,1-9H2. The van der Waals surface area contributed by atoms with Crippen LogP contribution in [0.5, 0.6) is 0 Å². The molecular weight excluding hydrogens is 132 g/mol. The molecule has 2 bridgehead atoms. The Morgan fingerprint density at radius 2 is 1.09 bits per heavy atom. The number of fused-ring (bicyclic) bond motifs is 2. The van der Waals surface area contributed by atoms with Gasteiger partial charge in [-0.1, -0.05) is 51.4 Å². The molecule has 0 N–H and O–H groups in total. The molecule has 0 radical (unpaired) electrons. The zero-order valence-corrected chi connectivity index (χ0v) is 7.52. The highest BCUT2D eigenvalue weighted by Crippen LogP contribution is 2.36. The van der Waals surface area contributed by atoms with Gasteiger partial charge in [0, 0.05) is 0 Å². The molecule has 11 heavy (non-hydrogen) atoms. The van der Waals surface area contributed by atoms with Gasteiger partial charge in [0.05, 0.1) is 0 Å². The predicted octanol–water partition coefficient (Wildman–Crippen LogP) is 3.76. The molecule has 2 saturated carbocycles. The number of rotatable bonds is 0. The first-order chi connectivity index (χ1) is 5.45. The fourth-order valence-electron chi connectivity index (χ4n) is 2.97. The second-order valence-electron chi connectivity index (χ2n) is 4.54. The maximum atomic E-state index is 1.58. The summed E-state index contributed by atoms with van der Waals surface area (Å²) < 4.78 is 0. The molecule has 0 aromatic carbocycles. The van der Waals surface area contributed by atoms with Crippen LogP contribution >= 0.6 is 0 Å². The smallest absolute Gasteiger partial charge is 0.0412 e. The molecule has 0 aliphatic heterocycles. The van der Waals surface area contributed by atoms with Gasteiger partial charge in [-0.05, 0) is 18.3 Å². The zero-order valence-electron chi connectivity index (χ0n) is 7.52. The van der Waals surface area contributed by atoms with E-state index in [0.29, 0.717) is 0 Å². The summed E-state index contributed by atoms with van der Waals surface area (Å²) >= 11 is 0. The van der Waals surface area contributed by atoms with Crippen molar-refractivity contribution in [2.24, 2.45) is 11.8 Å². The number of hydrogen-bond acceptors (Lipinski definition) is 0. The van der Waals surface area contributed by atoms with Crippen LogP contribution in [0.1, 0.15) is 57.8 Å². The molecule has 2 fully saturated rings. The molecular formula is C11H20. The van der Waals surface area contributed by atoms with Crippen LogP contribution in [0.3, 0.4) is 0 Å². The lowest BCUT2D eigenvalue weighted by Gasteiger charge is -2.31. The van der Waals surface area contributed by atoms with E-state index in [9.17, 15) is 0 Å². The normalized spacial score (nSPS) is 39.3. The van der Waals surface area contributed by atoms with Crippen LogP contribution in [-0.2, 0) is 0 Å². The fraction of sp³-hybridized carbons (Fsp3) is 1.00. The zero-order chi connectivity index (χ0) is 7.52. The molecule has 2 aliphatic rings. The van der Waals surface area contributed by atoms with Crippen LogP contribution in [-0.4, -0.2) is 0 Å². The Bertz CT molecular complexity index is 105. The highest BCUT2D eigenvalue weighted by Gasteiger charge is 2.22. The van der Waals surface area contributed by atoms with Crippen molar-refractivity contribution in [1.29, 1.82) is 0 Å². The summed E-state index contributed by atoms with van der Waals surface area (Å²) in [5.74, 6) is 2.27. The van der Waals surface area contributed by atoms with Crippen LogP contribution in [0.2, 0.25) is 0 Å². The molecule has 0 heteroatoms. The van der Waals surface area contributed by atoms with Crippen molar-refractivity contribution in [3.63, 3.8) is 0 Å². The lowest BCUT2D eigenvalue weighted by Crippen LogP contribution is -2.17. The Kier molecular flexibility index (Phi) is 2.50. The van der Waals surface area contributed by atoms with Gasteiger partial charge in [-0.15, -0.1) is 0 Å². The van der Waals surface area contributed by atoms with Gasteiger partial charge in [-0.3, -0.25) is 0 Å². The first kappa shape index (κ1) is 7.64. The van der Waals surface area contributed by atoms with Gasteiger partial charge in [0.1, 0.15) is 0 Å². The van der Waals surface area contributed by atoms with Gasteiger partial charge in [0.15, 0.2) is 0 Å². The van der Waals surface area contributed by atoms with Crippen LogP contribution in [0.25, 0.3) is 0 Å². The molecule has 2 aliphatic carbocycles. The highest BCUT2D eigenvalue weighted by atomic mass is 14.3. The Balaban J connectivity index is 1.90. The molecule has 64 valence electrons. The summed E-state index contributed by atoms with van der Waals surface area (Å²) in [6, 6.07) is 0. The Labute approximate surface area is 70.4 Å². The highest BCUT2D eigenvalue weighted by molar-refractivity contribution is 4.75. The van der Waals surface area contributed by atoms with E-state index in [1.54, 1.807) is 32.1 Å². The average Bonchev–Trinajstić information content (AvgIpc) is 2.02. The van der Waals surface area contributed by atoms with E-state index in [-0.39, 0.29) is 0 Å². The van der Waals surface area contributed by atoms with Gasteiger partial charge >= 0.3 is 0 Å². The predicted molar refractivity (Wildman–Crippen MR) is 48.5 cm³/mol. The van der Waals surface area contributed by atoms with E-state index in [1.165, 1.54) is 25.7 Å². The van der Waals surface area contributed by atoms with Gasteiger partial charge in [0.25, 0.3) is 0 Å². The van der Waals surface area contributed by atoms with Crippen molar-refractivity contribution in [2.45, 2.75) is 57.8 Å². The molecule has 0 amide bonds. The van der Waals surface area contributed by atoms with Crippen molar-refractivity contribution in [2.75, 3.05) is 0 Å². The summed E-state index contributed by atoms with van der Waals surface area (Å²) in [7, 11) is 0. The second kappa shape index (κ2) is 3.60. The average molecular weight is 152 g/mol. The van der Waals surface area contributed by atoms with E-state index >= 15 is 0 Å². The first-order valence-electron chi connectivity index (χ1n) is 5.45. The SMILES string of the molecule is C1CCC2CCCC(CC1)C2. The first-order valence-corrected chi connectivity index (χ1v) is 5.45. The summed E-state index contributed by atoms with van der Waals surface area (Å²) in [4.78, 5) is 0. The quantitative estimate of drug-likeness (QED) is 0.496. The third-order valence-electron chi connectivity index (χ3n) is 3.62. The molecule has 0 aromatic rings. The summed E-state index contributed by atoms with van der Waals surface area (Å²) in [6.45, 7) is 0. The molecule has 2 unspecified atom stereocenters. The Morgan fingerprint density at radius 3 is 1.73 bits per heavy atom. The summed E-state index contributed by atoms with van der Waals surface area (Å²) in [6.07, 6.45) is 13.9. The monoisotopic (exact) mass is 152 g/mol. The van der Waals surface area contributed by atoms with E-state index in [4.69, 9.17) is 0 Å². The minimum atomic E-state index is 1.13. The molecule has 2 rings (SSSR count). The third-order valence-corrected chi connectivity index (χ3v) is 3.62. The minimum Gasteiger partial charge on any atom is -0.0533 e. The molecule has 0 spiro atoms. The minimum absolute atomic E-state index is 1.13. The van der Waals surface area contributed by atoms with Gasteiger partial charge in [0.2, 0.25) is 0 Å². The summed E-state index contributed by atoms with van der Waals surface area (Å²) in [5.41, 5.74) is 0. The Morgan fingerprint density at radius 1 is 0.545 bits per heavy atom. The molecule has 0 nitrogen and oxygen atoms in total. The Hall–Kier alpha value is 0. The molecule has 2 atom stereocenters. The topological polar surface area (TPSA) is 0 Å². The molecule has 0 heterocycles. The maximum absolute atomic E-state index is 1.58. The maximum Gasteiger partial charge on any atom is -0.0412 e. The second-order valence-corrected chi connectivity index (χ2v) is 4.54. The van der Waals surface area contributed by atoms with Gasteiger partial charge in [-0.25, -0.2) is 0 Å². The lowest BCUT2D eigenvalue weighted by molar-refractivity contribution is 0.218. The third kappa shape index (κ3) is 1.98. The van der Waals surface area contributed by atoms with Gasteiger partial charge < -0.3 is 0 Å². The number of hydrogen-bond donors (Lipinski definition) is 0. The van der Waals surface area contributed by atoms with Crippen LogP contribution in [0.4, 0.5) is 0 Å². The molecule has 0 aromatic heterocycles. The fourth-order valence-corrected chi connectivity index (χ4v) is 2.97. The van der Waals surface area contributed by atoms with Crippen molar-refractivity contribution >= 4 is 0 Å². The van der Waals surface area contributed by atoms with Crippen LogP contribution in [0.15, 0.2) is 0 Å². The lowest BCUT2D eigenvalue weighted by atomic mass is 9.75. The summed E-state index contributed by atoms with van der Waals surface area (Å²) in [5, 5.41) is 0. The van der Waals surface area contributed by atoms with Crippen molar-refractivity contribution in [3.8, 4) is 0 Å². The van der Waals surface area contributed by atoms with Crippen molar-refractivity contribution in [1.82, 2.24) is 0 Å². The van der Waals surface area contributed by atoms with E-state index in [0.717, 1.165) is 11.8 Å². The van der Waals surface area contributed by atoms with Crippen LogP contribution in [0, 0.1) is 11.8 Å². The van der Waals surface area contributed by atoms with E-state index in [2.05, 4.69) is 0 Å². The van der Waals surface area contributed by atoms with E-state index < -0.39 is 0 Å². The molecule has 0 saturated heterocycles. The van der Waals surface area contributed by atoms with Crippen molar-refractivity contribution < 1.29 is 0 Å².